The Morgan fingerprint density at radius 3 is 2.29 bits per heavy atom. The van der Waals surface area contributed by atoms with E-state index in [1.54, 1.807) is 39.0 Å². The minimum atomic E-state index is -0.741. The van der Waals surface area contributed by atoms with E-state index in [2.05, 4.69) is 10.6 Å². The smallest absolute Gasteiger partial charge is 0.407 e. The van der Waals surface area contributed by atoms with Crippen LogP contribution in [0.1, 0.15) is 42.3 Å². The van der Waals surface area contributed by atoms with Crippen molar-refractivity contribution in [2.45, 2.75) is 39.5 Å². The molecule has 0 spiro atoms. The van der Waals surface area contributed by atoms with Crippen LogP contribution < -0.4 is 10.6 Å². The van der Waals surface area contributed by atoms with Crippen LogP contribution in [0.25, 0.3) is 11.1 Å². The minimum Gasteiger partial charge on any atom is -0.444 e. The number of hydrogen-bond donors (Lipinski definition) is 2. The second kappa shape index (κ2) is 10.7. The van der Waals surface area contributed by atoms with Crippen molar-refractivity contribution in [3.8, 4) is 11.1 Å². The molecule has 0 unspecified atom stereocenters. The summed E-state index contributed by atoms with van der Waals surface area (Å²) in [7, 11) is 0. The molecule has 0 aliphatic rings. The number of amides is 2. The number of hydrogen-bond acceptors (Lipinski definition) is 3. The summed E-state index contributed by atoms with van der Waals surface area (Å²) in [6.45, 7) is 5.37. The van der Waals surface area contributed by atoms with Crippen LogP contribution in [-0.2, 0) is 17.8 Å². The van der Waals surface area contributed by atoms with Crippen LogP contribution in [0.15, 0.2) is 60.7 Å². The Balaban J connectivity index is 1.84. The van der Waals surface area contributed by atoms with Gasteiger partial charge in [-0.1, -0.05) is 41.9 Å². The van der Waals surface area contributed by atoms with Gasteiger partial charge in [0.2, 0.25) is 0 Å². The van der Waals surface area contributed by atoms with Gasteiger partial charge in [0, 0.05) is 35.3 Å². The first-order chi connectivity index (χ1) is 16.0. The van der Waals surface area contributed by atoms with Crippen LogP contribution >= 0.6 is 11.6 Å². The molecule has 0 aliphatic carbocycles. The normalized spacial score (nSPS) is 11.1. The number of alkyl carbamates (subject to hydrolysis) is 1. The standard InChI is InChI=1S/C26H25ClF2N2O3/c1-26(2,3)34-25(33)31-14-16-6-4-5-7-20(16)22-12-18(27)9-11-21(22)24(32)30-15-17-8-10-19(28)13-23(17)29/h4-13H,14-15H2,1-3H3,(H,30,32)(H,31,33). The predicted molar refractivity (Wildman–Crippen MR) is 127 cm³/mol. The van der Waals surface area contributed by atoms with Gasteiger partial charge < -0.3 is 15.4 Å². The molecule has 0 atom stereocenters. The van der Waals surface area contributed by atoms with E-state index < -0.39 is 29.2 Å². The zero-order valence-electron chi connectivity index (χ0n) is 19.0. The summed E-state index contributed by atoms with van der Waals surface area (Å²) in [5.41, 5.74) is 1.83. The van der Waals surface area contributed by atoms with Gasteiger partial charge in [-0.25, -0.2) is 13.6 Å². The molecule has 2 N–H and O–H groups in total. The van der Waals surface area contributed by atoms with Gasteiger partial charge in [0.15, 0.2) is 0 Å². The summed E-state index contributed by atoms with van der Waals surface area (Å²) in [5, 5.41) is 5.81. The van der Waals surface area contributed by atoms with E-state index in [1.165, 1.54) is 6.07 Å². The average molecular weight is 487 g/mol. The van der Waals surface area contributed by atoms with Gasteiger partial charge in [0.1, 0.15) is 17.2 Å². The zero-order valence-corrected chi connectivity index (χ0v) is 19.8. The topological polar surface area (TPSA) is 67.4 Å². The lowest BCUT2D eigenvalue weighted by atomic mass is 9.94. The molecule has 0 aromatic heterocycles. The van der Waals surface area contributed by atoms with Crippen LogP contribution in [0.3, 0.4) is 0 Å². The van der Waals surface area contributed by atoms with Crippen molar-refractivity contribution in [1.82, 2.24) is 10.6 Å². The molecular formula is C26H25ClF2N2O3. The van der Waals surface area contributed by atoms with Crippen LogP contribution in [0, 0.1) is 11.6 Å². The average Bonchev–Trinajstić information content (AvgIpc) is 2.76. The van der Waals surface area contributed by atoms with Crippen molar-refractivity contribution in [3.63, 3.8) is 0 Å². The summed E-state index contributed by atoms with van der Waals surface area (Å²) in [5.74, 6) is -1.88. The highest BCUT2D eigenvalue weighted by Gasteiger charge is 2.19. The summed E-state index contributed by atoms with van der Waals surface area (Å²) in [4.78, 5) is 25.1. The summed E-state index contributed by atoms with van der Waals surface area (Å²) in [6, 6.07) is 15.3. The number of benzene rings is 3. The maximum absolute atomic E-state index is 14.0. The summed E-state index contributed by atoms with van der Waals surface area (Å²) >= 11 is 6.23. The largest absolute Gasteiger partial charge is 0.444 e. The van der Waals surface area contributed by atoms with E-state index in [-0.39, 0.29) is 18.7 Å². The first-order valence-corrected chi connectivity index (χ1v) is 11.0. The molecule has 5 nitrogen and oxygen atoms in total. The second-order valence-electron chi connectivity index (χ2n) is 8.62. The molecule has 0 fully saturated rings. The monoisotopic (exact) mass is 486 g/mol. The number of halogens is 3. The molecule has 34 heavy (non-hydrogen) atoms. The molecule has 0 saturated carbocycles. The second-order valence-corrected chi connectivity index (χ2v) is 9.06. The third kappa shape index (κ3) is 6.78. The molecule has 3 aromatic rings. The lowest BCUT2D eigenvalue weighted by Crippen LogP contribution is -2.32. The quantitative estimate of drug-likeness (QED) is 0.433. The van der Waals surface area contributed by atoms with Gasteiger partial charge in [0.25, 0.3) is 5.91 Å². The highest BCUT2D eigenvalue weighted by atomic mass is 35.5. The number of nitrogens with one attached hydrogen (secondary N) is 2. The molecular weight excluding hydrogens is 462 g/mol. The molecule has 0 bridgehead atoms. The fraction of sp³-hybridized carbons (Fsp3) is 0.231. The molecule has 2 amide bonds. The van der Waals surface area contributed by atoms with Crippen molar-refractivity contribution < 1.29 is 23.1 Å². The third-order valence-corrected chi connectivity index (χ3v) is 5.05. The number of carbonyl (C=O) groups is 2. The summed E-state index contributed by atoms with van der Waals surface area (Å²) < 4.78 is 32.4. The van der Waals surface area contributed by atoms with E-state index >= 15 is 0 Å². The van der Waals surface area contributed by atoms with Crippen molar-refractivity contribution in [2.24, 2.45) is 0 Å². The highest BCUT2D eigenvalue weighted by Crippen LogP contribution is 2.30. The molecule has 178 valence electrons. The van der Waals surface area contributed by atoms with Crippen molar-refractivity contribution in [3.05, 3.63) is 94.0 Å². The van der Waals surface area contributed by atoms with Gasteiger partial charge in [-0.3, -0.25) is 4.79 Å². The molecule has 8 heteroatoms. The first-order valence-electron chi connectivity index (χ1n) is 10.6. The van der Waals surface area contributed by atoms with E-state index in [0.717, 1.165) is 17.7 Å². The van der Waals surface area contributed by atoms with Gasteiger partial charge in [-0.05, 0) is 61.7 Å². The van der Waals surface area contributed by atoms with Crippen LogP contribution in [0.2, 0.25) is 5.02 Å². The van der Waals surface area contributed by atoms with Crippen molar-refractivity contribution in [1.29, 1.82) is 0 Å². The maximum Gasteiger partial charge on any atom is 0.407 e. The van der Waals surface area contributed by atoms with E-state index in [0.29, 0.717) is 21.7 Å². The number of ether oxygens (including phenoxy) is 1. The lowest BCUT2D eigenvalue weighted by molar-refractivity contribution is 0.0523. The number of rotatable bonds is 6. The molecule has 0 saturated heterocycles. The minimum absolute atomic E-state index is 0.116. The Morgan fingerprint density at radius 2 is 1.59 bits per heavy atom. The van der Waals surface area contributed by atoms with E-state index in [4.69, 9.17) is 16.3 Å². The Morgan fingerprint density at radius 1 is 0.882 bits per heavy atom. The van der Waals surface area contributed by atoms with Crippen molar-refractivity contribution >= 4 is 23.6 Å². The number of carbonyl (C=O) groups excluding carboxylic acids is 2. The Bertz CT molecular complexity index is 1210. The van der Waals surface area contributed by atoms with E-state index in [1.807, 2.05) is 24.3 Å². The fourth-order valence-electron chi connectivity index (χ4n) is 3.29. The van der Waals surface area contributed by atoms with Crippen LogP contribution in [-0.4, -0.2) is 17.6 Å². The Kier molecular flexibility index (Phi) is 7.89. The SMILES string of the molecule is CC(C)(C)OC(=O)NCc1ccccc1-c1cc(Cl)ccc1C(=O)NCc1ccc(F)cc1F. The third-order valence-electron chi connectivity index (χ3n) is 4.81. The van der Waals surface area contributed by atoms with Gasteiger partial charge in [-0.2, -0.15) is 0 Å². The Hall–Kier alpha value is -3.45. The van der Waals surface area contributed by atoms with Crippen LogP contribution in [0.5, 0.6) is 0 Å². The molecule has 0 heterocycles. The van der Waals surface area contributed by atoms with Gasteiger partial charge in [-0.15, -0.1) is 0 Å². The van der Waals surface area contributed by atoms with E-state index in [9.17, 15) is 18.4 Å². The molecule has 0 aliphatic heterocycles. The molecule has 3 aromatic carbocycles. The summed E-state index contributed by atoms with van der Waals surface area (Å²) in [6.07, 6.45) is -0.562. The molecule has 0 radical (unpaired) electrons. The highest BCUT2D eigenvalue weighted by molar-refractivity contribution is 6.31. The lowest BCUT2D eigenvalue weighted by Gasteiger charge is -2.20. The van der Waals surface area contributed by atoms with Gasteiger partial charge >= 0.3 is 6.09 Å². The predicted octanol–water partition coefficient (Wildman–Crippen LogP) is 6.24. The fourth-order valence-corrected chi connectivity index (χ4v) is 3.46. The first kappa shape index (κ1) is 25.2. The van der Waals surface area contributed by atoms with Gasteiger partial charge in [0.05, 0.1) is 0 Å². The van der Waals surface area contributed by atoms with Crippen molar-refractivity contribution in [2.75, 3.05) is 0 Å². The van der Waals surface area contributed by atoms with Crippen LogP contribution in [0.4, 0.5) is 13.6 Å². The maximum atomic E-state index is 14.0. The zero-order chi connectivity index (χ0) is 24.9. The Labute approximate surface area is 202 Å². The molecule has 3 rings (SSSR count).